The fourth-order valence-corrected chi connectivity index (χ4v) is 3.70. The highest BCUT2D eigenvalue weighted by Crippen LogP contribution is 2.35. The summed E-state index contributed by atoms with van der Waals surface area (Å²) >= 11 is 9.33. The zero-order chi connectivity index (χ0) is 19.1. The maximum atomic E-state index is 13.4. The fraction of sp³-hybridized carbons (Fsp3) is 0.211. The van der Waals surface area contributed by atoms with Crippen molar-refractivity contribution < 1.29 is 13.7 Å². The lowest BCUT2D eigenvalue weighted by Gasteiger charge is -2.19. The number of rotatable bonds is 3. The summed E-state index contributed by atoms with van der Waals surface area (Å²) in [7, 11) is 0. The van der Waals surface area contributed by atoms with E-state index < -0.39 is 0 Å². The monoisotopic (exact) mass is 449 g/mol. The third-order valence-corrected chi connectivity index (χ3v) is 5.64. The number of aromatic nitrogens is 2. The minimum absolute atomic E-state index is 0.0188. The van der Waals surface area contributed by atoms with E-state index in [0.29, 0.717) is 33.3 Å². The van der Waals surface area contributed by atoms with Crippen molar-refractivity contribution in [3.63, 3.8) is 0 Å². The highest BCUT2D eigenvalue weighted by atomic mass is 79.9. The molecule has 1 saturated heterocycles. The molecule has 27 heavy (non-hydrogen) atoms. The summed E-state index contributed by atoms with van der Waals surface area (Å²) in [5.74, 6) is 0.156. The van der Waals surface area contributed by atoms with Gasteiger partial charge in [0.2, 0.25) is 17.6 Å². The van der Waals surface area contributed by atoms with Gasteiger partial charge in [-0.05, 0) is 58.7 Å². The minimum atomic E-state index is -0.364. The SMILES string of the molecule is Cc1c(Cl)cccc1N1CC(c2nc(-c3ccc(F)c(Br)c3)no2)CC1=O. The third-order valence-electron chi connectivity index (χ3n) is 4.62. The fourth-order valence-electron chi connectivity index (χ4n) is 3.15. The van der Waals surface area contributed by atoms with Crippen LogP contribution < -0.4 is 4.90 Å². The molecular weight excluding hydrogens is 437 g/mol. The lowest BCUT2D eigenvalue weighted by molar-refractivity contribution is -0.117. The summed E-state index contributed by atoms with van der Waals surface area (Å²) in [6, 6.07) is 9.99. The van der Waals surface area contributed by atoms with E-state index in [4.69, 9.17) is 16.1 Å². The van der Waals surface area contributed by atoms with E-state index in [1.54, 1.807) is 23.1 Å². The van der Waals surface area contributed by atoms with Crippen LogP contribution in [-0.2, 0) is 4.79 Å². The Morgan fingerprint density at radius 1 is 1.33 bits per heavy atom. The molecule has 1 aliphatic rings. The predicted octanol–water partition coefficient (Wildman–Crippen LogP) is 5.12. The predicted molar refractivity (Wildman–Crippen MR) is 103 cm³/mol. The summed E-state index contributed by atoms with van der Waals surface area (Å²) in [5, 5.41) is 4.59. The van der Waals surface area contributed by atoms with Crippen LogP contribution in [0.5, 0.6) is 0 Å². The molecule has 1 atom stereocenters. The molecule has 5 nitrogen and oxygen atoms in total. The number of benzene rings is 2. The summed E-state index contributed by atoms with van der Waals surface area (Å²) in [6.45, 7) is 2.32. The number of anilines is 1. The van der Waals surface area contributed by atoms with Gasteiger partial charge in [0.1, 0.15) is 5.82 Å². The average Bonchev–Trinajstić information content (AvgIpc) is 3.27. The number of nitrogens with zero attached hydrogens (tertiary/aromatic N) is 3. The van der Waals surface area contributed by atoms with Crippen LogP contribution in [0.25, 0.3) is 11.4 Å². The number of amides is 1. The average molecular weight is 451 g/mol. The van der Waals surface area contributed by atoms with Gasteiger partial charge in [-0.25, -0.2) is 4.39 Å². The second-order valence-electron chi connectivity index (χ2n) is 6.37. The summed E-state index contributed by atoms with van der Waals surface area (Å²) in [4.78, 5) is 18.6. The van der Waals surface area contributed by atoms with E-state index >= 15 is 0 Å². The number of hydrogen-bond acceptors (Lipinski definition) is 4. The first kappa shape index (κ1) is 18.1. The van der Waals surface area contributed by atoms with Gasteiger partial charge in [-0.3, -0.25) is 4.79 Å². The molecule has 1 unspecified atom stereocenters. The van der Waals surface area contributed by atoms with E-state index in [1.807, 2.05) is 19.1 Å². The molecule has 2 aromatic carbocycles. The summed E-state index contributed by atoms with van der Waals surface area (Å²) in [5.41, 5.74) is 2.28. The van der Waals surface area contributed by atoms with Gasteiger partial charge in [-0.15, -0.1) is 0 Å². The number of halogens is 3. The molecule has 1 aromatic heterocycles. The molecular formula is C19H14BrClFN3O2. The van der Waals surface area contributed by atoms with Crippen LogP contribution in [0.15, 0.2) is 45.4 Å². The Hall–Kier alpha value is -2.25. The number of carbonyl (C=O) groups excluding carboxylic acids is 1. The van der Waals surface area contributed by atoms with Crippen molar-refractivity contribution in [1.29, 1.82) is 0 Å². The van der Waals surface area contributed by atoms with Crippen molar-refractivity contribution in [3.8, 4) is 11.4 Å². The van der Waals surface area contributed by atoms with Crippen LogP contribution in [0, 0.1) is 12.7 Å². The van der Waals surface area contributed by atoms with E-state index in [2.05, 4.69) is 26.1 Å². The Labute approximate surface area is 168 Å². The van der Waals surface area contributed by atoms with Gasteiger partial charge in [-0.2, -0.15) is 4.98 Å². The normalized spacial score (nSPS) is 17.0. The molecule has 1 amide bonds. The molecule has 3 aromatic rings. The molecule has 0 bridgehead atoms. The van der Waals surface area contributed by atoms with E-state index in [0.717, 1.165) is 11.3 Å². The van der Waals surface area contributed by atoms with Gasteiger partial charge in [0.05, 0.1) is 10.4 Å². The molecule has 2 heterocycles. The molecule has 0 saturated carbocycles. The first-order valence-corrected chi connectivity index (χ1v) is 9.45. The van der Waals surface area contributed by atoms with Gasteiger partial charge in [0.25, 0.3) is 0 Å². The van der Waals surface area contributed by atoms with Crippen LogP contribution in [0.4, 0.5) is 10.1 Å². The van der Waals surface area contributed by atoms with Crippen molar-refractivity contribution in [1.82, 2.24) is 10.1 Å². The Bertz CT molecular complexity index is 1040. The van der Waals surface area contributed by atoms with Gasteiger partial charge in [0, 0.05) is 29.2 Å². The third kappa shape index (κ3) is 3.37. The molecule has 0 radical (unpaired) electrons. The van der Waals surface area contributed by atoms with Crippen LogP contribution in [-0.4, -0.2) is 22.6 Å². The topological polar surface area (TPSA) is 59.2 Å². The second kappa shape index (κ2) is 7.05. The first-order valence-electron chi connectivity index (χ1n) is 8.28. The molecule has 4 rings (SSSR count). The number of hydrogen-bond donors (Lipinski definition) is 0. The van der Waals surface area contributed by atoms with Crippen molar-refractivity contribution in [2.75, 3.05) is 11.4 Å². The lowest BCUT2D eigenvalue weighted by atomic mass is 10.1. The summed E-state index contributed by atoms with van der Waals surface area (Å²) in [6.07, 6.45) is 0.278. The van der Waals surface area contributed by atoms with Crippen LogP contribution in [0.2, 0.25) is 5.02 Å². The van der Waals surface area contributed by atoms with E-state index in [9.17, 15) is 9.18 Å². The van der Waals surface area contributed by atoms with Gasteiger partial charge >= 0.3 is 0 Å². The minimum Gasteiger partial charge on any atom is -0.339 e. The van der Waals surface area contributed by atoms with Crippen molar-refractivity contribution >= 4 is 39.1 Å². The van der Waals surface area contributed by atoms with Gasteiger partial charge < -0.3 is 9.42 Å². The smallest absolute Gasteiger partial charge is 0.232 e. The highest BCUT2D eigenvalue weighted by molar-refractivity contribution is 9.10. The van der Waals surface area contributed by atoms with Crippen LogP contribution in [0.1, 0.15) is 23.8 Å². The zero-order valence-electron chi connectivity index (χ0n) is 14.2. The van der Waals surface area contributed by atoms with E-state index in [-0.39, 0.29) is 24.1 Å². The molecule has 1 fully saturated rings. The number of carbonyl (C=O) groups is 1. The Balaban J connectivity index is 1.59. The summed E-state index contributed by atoms with van der Waals surface area (Å²) < 4.78 is 19.1. The Morgan fingerprint density at radius 2 is 2.15 bits per heavy atom. The molecule has 0 aliphatic carbocycles. The zero-order valence-corrected chi connectivity index (χ0v) is 16.6. The van der Waals surface area contributed by atoms with Gasteiger partial charge in [0.15, 0.2) is 0 Å². The highest BCUT2D eigenvalue weighted by Gasteiger charge is 2.36. The maximum Gasteiger partial charge on any atom is 0.232 e. The van der Waals surface area contributed by atoms with Crippen LogP contribution in [0.3, 0.4) is 0 Å². The standard InChI is InChI=1S/C19H14BrClFN3O2/c1-10-14(21)3-2-4-16(10)25-9-12(8-17(25)26)19-23-18(24-27-19)11-5-6-15(22)13(20)7-11/h2-7,12H,8-9H2,1H3. The first-order chi connectivity index (χ1) is 12.9. The van der Waals surface area contributed by atoms with Crippen molar-refractivity contribution in [2.45, 2.75) is 19.3 Å². The quantitative estimate of drug-likeness (QED) is 0.556. The lowest BCUT2D eigenvalue weighted by Crippen LogP contribution is -2.25. The molecule has 1 aliphatic heterocycles. The Kier molecular flexibility index (Phi) is 4.74. The molecule has 8 heteroatoms. The van der Waals surface area contributed by atoms with Crippen molar-refractivity contribution in [2.24, 2.45) is 0 Å². The molecule has 0 N–H and O–H groups in total. The Morgan fingerprint density at radius 3 is 2.93 bits per heavy atom. The van der Waals surface area contributed by atoms with Crippen molar-refractivity contribution in [3.05, 3.63) is 63.2 Å². The van der Waals surface area contributed by atoms with Crippen LogP contribution >= 0.6 is 27.5 Å². The van der Waals surface area contributed by atoms with E-state index in [1.165, 1.54) is 6.07 Å². The molecule has 0 spiro atoms. The molecule has 138 valence electrons. The largest absolute Gasteiger partial charge is 0.339 e. The second-order valence-corrected chi connectivity index (χ2v) is 7.64. The maximum absolute atomic E-state index is 13.4. The van der Waals surface area contributed by atoms with Gasteiger partial charge in [-0.1, -0.05) is 22.8 Å².